The minimum Gasteiger partial charge on any atom is -0.371 e. The molecule has 0 radical (unpaired) electrons. The first-order valence-corrected chi connectivity index (χ1v) is 34.8. The van der Waals surface area contributed by atoms with E-state index in [1.54, 1.807) is 59.7 Å². The van der Waals surface area contributed by atoms with Gasteiger partial charge in [0.1, 0.15) is 18.1 Å². The van der Waals surface area contributed by atoms with Crippen LogP contribution in [0.15, 0.2) is 65.7 Å². The first-order valence-electron chi connectivity index (χ1n) is 30.5. The van der Waals surface area contributed by atoms with E-state index in [1.165, 1.54) is 21.3 Å². The van der Waals surface area contributed by atoms with E-state index < -0.39 is 72.8 Å². The first-order chi connectivity index (χ1) is 42.2. The highest BCUT2D eigenvalue weighted by Gasteiger charge is 2.55. The molecule has 5 aliphatic heterocycles. The van der Waals surface area contributed by atoms with Crippen LogP contribution in [0.3, 0.4) is 0 Å². The molecule has 5 amide bonds. The standard InChI is InChI=1S/C64H77F2N8O11PS3/c1-62(2,3)59(80)87-31-29-84-86(83,85-30-32-88-60(81)63(4,5)6)64(65,66)43-16-21-52-41(34-43)35-53(89-52)56(77)68-46-14-10-13-44-17-19-50(73(44)57(46)78)58(79)72-37-42(38-72)45-36-67-26-23-47(45)71-27-24-39(25-28-71)11-8-9-12-40-15-18-48-51(33-40)70(7)61(82)74(48)49-20-22-54(75)69-55(49)76/h15-16,18,21,23,26,33-36,39,42,44,46,49-50H,8,10-11,13-14,17,19-20,22,24-25,27-32,37-38H2,1-7H3,(H,68,77)(H,69,75,76)/t44-,46-,49?,50-/m0/s1. The van der Waals surface area contributed by atoms with Crippen molar-refractivity contribution in [2.45, 2.75) is 148 Å². The Morgan fingerprint density at radius 3 is 2.21 bits per heavy atom. The third-order valence-electron chi connectivity index (χ3n) is 17.4. The number of benzene rings is 2. The molecule has 19 nitrogen and oxygen atoms in total. The minimum absolute atomic E-state index is 0.0562. The average molecular weight is 1300 g/mol. The molecule has 1 unspecified atom stereocenters. The van der Waals surface area contributed by atoms with Crippen molar-refractivity contribution in [1.29, 1.82) is 0 Å². The summed E-state index contributed by atoms with van der Waals surface area (Å²) in [6.45, 7) is 12.1. The fourth-order valence-corrected chi connectivity index (χ4v) is 16.6. The van der Waals surface area contributed by atoms with Gasteiger partial charge in [-0.25, -0.2) is 4.79 Å². The predicted octanol–water partition coefficient (Wildman–Crippen LogP) is 10.1. The number of imidazole rings is 1. The number of thioether (sulfide) groups is 2. The summed E-state index contributed by atoms with van der Waals surface area (Å²) in [7, 11) is -3.63. The number of rotatable bonds is 18. The van der Waals surface area contributed by atoms with Crippen LogP contribution in [0.4, 0.5) is 14.5 Å². The van der Waals surface area contributed by atoms with Crippen molar-refractivity contribution in [2.24, 2.45) is 23.8 Å². The Labute approximate surface area is 529 Å². The van der Waals surface area contributed by atoms with E-state index in [9.17, 15) is 42.9 Å². The van der Waals surface area contributed by atoms with Gasteiger partial charge in [0.05, 0.1) is 29.1 Å². The van der Waals surface area contributed by atoms with Gasteiger partial charge in [-0.1, -0.05) is 83.0 Å². The predicted molar refractivity (Wildman–Crippen MR) is 341 cm³/mol. The molecule has 89 heavy (non-hydrogen) atoms. The van der Waals surface area contributed by atoms with Crippen LogP contribution in [0, 0.1) is 28.6 Å². The second-order valence-electron chi connectivity index (χ2n) is 25.8. The number of pyridine rings is 1. The van der Waals surface area contributed by atoms with Crippen molar-refractivity contribution in [1.82, 2.24) is 34.6 Å². The lowest BCUT2D eigenvalue weighted by Gasteiger charge is -2.44. The highest BCUT2D eigenvalue weighted by Crippen LogP contribution is 2.67. The molecule has 0 spiro atoms. The van der Waals surface area contributed by atoms with Crippen LogP contribution in [-0.4, -0.2) is 133 Å². The van der Waals surface area contributed by atoms with E-state index >= 15 is 8.78 Å². The second kappa shape index (κ2) is 26.9. The highest BCUT2D eigenvalue weighted by molar-refractivity contribution is 8.14. The number of aromatic nitrogens is 3. The molecule has 476 valence electrons. The van der Waals surface area contributed by atoms with Crippen molar-refractivity contribution >= 4 is 109 Å². The Morgan fingerprint density at radius 2 is 1.54 bits per heavy atom. The Morgan fingerprint density at radius 1 is 0.843 bits per heavy atom. The number of aryl methyl sites for hydroxylation is 1. The Balaban J connectivity index is 0.721. The molecule has 5 aliphatic rings. The van der Waals surface area contributed by atoms with Gasteiger partial charge >= 0.3 is 18.9 Å². The molecular weight excluding hydrogens is 1220 g/mol. The van der Waals surface area contributed by atoms with Gasteiger partial charge in [-0.05, 0) is 112 Å². The van der Waals surface area contributed by atoms with E-state index in [0.29, 0.717) is 73.3 Å². The van der Waals surface area contributed by atoms with Gasteiger partial charge < -0.3 is 29.1 Å². The number of fused-ring (bicyclic) bond motifs is 3. The summed E-state index contributed by atoms with van der Waals surface area (Å²) in [5, 5.41) is 5.12. The number of nitrogens with one attached hydrogen (secondary N) is 2. The molecule has 4 atom stereocenters. The molecule has 0 aliphatic carbocycles. The van der Waals surface area contributed by atoms with Crippen molar-refractivity contribution in [3.63, 3.8) is 0 Å². The number of hydrogen-bond donors (Lipinski definition) is 2. The molecule has 3 aromatic heterocycles. The zero-order chi connectivity index (χ0) is 63.7. The average Bonchev–Trinajstić information content (AvgIpc) is 2.11. The molecule has 5 fully saturated rings. The summed E-state index contributed by atoms with van der Waals surface area (Å²) in [4.78, 5) is 116. The molecule has 2 aromatic carbocycles. The quantitative estimate of drug-likeness (QED) is 0.0360. The lowest BCUT2D eigenvalue weighted by molar-refractivity contribution is -0.148. The summed E-state index contributed by atoms with van der Waals surface area (Å²) in [5.41, 5.74) is -2.32. The van der Waals surface area contributed by atoms with Gasteiger partial charge in [-0.15, -0.1) is 11.3 Å². The number of amides is 5. The van der Waals surface area contributed by atoms with Crippen molar-refractivity contribution in [2.75, 3.05) is 55.8 Å². The monoisotopic (exact) mass is 1300 g/mol. The smallest absolute Gasteiger partial charge is 0.371 e. The van der Waals surface area contributed by atoms with Gasteiger partial charge in [0.15, 0.2) is 10.2 Å². The SMILES string of the molecule is Cn1c(=O)n(C2CCC(=O)NC2=O)c2ccc(C#CCCC3CCN(c4ccncc4C4CN(C(=O)[C@@H]5CC[C@@H]6CCC[C@H](NC(=O)c7cc8cc(C(F)(F)P(=O)(OCCSC(=O)C(C)(C)C)OCCSC(=O)C(C)(C)C)ccc8s7)C(=O)N65)C4)CC3)cc21. The number of hydrogen-bond acceptors (Lipinski definition) is 16. The molecule has 5 aromatic rings. The van der Waals surface area contributed by atoms with Gasteiger partial charge in [-0.2, -0.15) is 8.78 Å². The molecule has 10 rings (SSSR count). The Kier molecular flexibility index (Phi) is 19.9. The summed E-state index contributed by atoms with van der Waals surface area (Å²) in [6, 6.07) is 10.2. The van der Waals surface area contributed by atoms with E-state index in [2.05, 4.69) is 38.4 Å². The summed E-state index contributed by atoms with van der Waals surface area (Å²) in [5.74, 6) is 5.22. The van der Waals surface area contributed by atoms with Crippen LogP contribution < -0.4 is 21.2 Å². The van der Waals surface area contributed by atoms with Gasteiger partial charge in [0.2, 0.25) is 23.6 Å². The zero-order valence-electron chi connectivity index (χ0n) is 51.3. The van der Waals surface area contributed by atoms with E-state index in [0.717, 1.165) is 96.2 Å². The lowest BCUT2D eigenvalue weighted by Crippen LogP contribution is -2.58. The number of halogens is 2. The first kappa shape index (κ1) is 65.7. The molecular formula is C64H77F2N8O11PS3. The van der Waals surface area contributed by atoms with Crippen LogP contribution in [0.1, 0.15) is 150 Å². The van der Waals surface area contributed by atoms with Crippen LogP contribution in [0.25, 0.3) is 21.1 Å². The number of imide groups is 1. The number of anilines is 1. The fourth-order valence-electron chi connectivity index (χ4n) is 12.3. The summed E-state index contributed by atoms with van der Waals surface area (Å²) >= 11 is 2.80. The van der Waals surface area contributed by atoms with Crippen molar-refractivity contribution < 1.29 is 56.0 Å². The Bertz CT molecular complexity index is 3720. The third-order valence-corrected chi connectivity index (χ3v) is 23.0. The third kappa shape index (κ3) is 14.3. The van der Waals surface area contributed by atoms with Crippen LogP contribution in [0.5, 0.6) is 0 Å². The molecule has 25 heteroatoms. The fraction of sp³-hybridized carbons (Fsp3) is 0.547. The van der Waals surface area contributed by atoms with E-state index in [1.807, 2.05) is 29.3 Å². The Hall–Kier alpha value is -6.22. The van der Waals surface area contributed by atoms with Gasteiger partial charge in [0, 0.05) is 120 Å². The maximum Gasteiger partial charge on any atom is 0.404 e. The van der Waals surface area contributed by atoms with E-state index in [4.69, 9.17) is 9.05 Å². The minimum atomic E-state index is -5.29. The zero-order valence-corrected chi connectivity index (χ0v) is 54.6. The lowest BCUT2D eigenvalue weighted by atomic mass is 9.88. The van der Waals surface area contributed by atoms with Crippen LogP contribution in [-0.2, 0) is 55.1 Å². The molecule has 5 saturated heterocycles. The number of piperidine rings is 2. The second-order valence-corrected chi connectivity index (χ2v) is 31.1. The summed E-state index contributed by atoms with van der Waals surface area (Å²) < 4.78 is 61.7. The molecule has 0 saturated carbocycles. The maximum absolute atomic E-state index is 16.6. The molecule has 8 heterocycles. The highest BCUT2D eigenvalue weighted by atomic mass is 32.2. The van der Waals surface area contributed by atoms with Gasteiger partial charge in [0.25, 0.3) is 5.91 Å². The van der Waals surface area contributed by atoms with Gasteiger partial charge in [-0.3, -0.25) is 57.6 Å². The van der Waals surface area contributed by atoms with Crippen LogP contribution >= 0.6 is 42.5 Å². The molecule has 0 bridgehead atoms. The topological polar surface area (TPSA) is 229 Å². The van der Waals surface area contributed by atoms with Crippen LogP contribution in [0.2, 0.25) is 0 Å². The number of likely N-dealkylation sites (tertiary alicyclic amines) is 1. The molecule has 2 N–H and O–H groups in total. The number of thiophene rings is 1. The van der Waals surface area contributed by atoms with Crippen molar-refractivity contribution in [3.8, 4) is 11.8 Å². The number of carbonyl (C=O) groups is 7. The largest absolute Gasteiger partial charge is 0.404 e. The maximum atomic E-state index is 16.6. The number of carbonyl (C=O) groups excluding carboxylic acids is 7. The van der Waals surface area contributed by atoms with E-state index in [-0.39, 0.29) is 80.2 Å². The van der Waals surface area contributed by atoms with Crippen molar-refractivity contribution in [3.05, 3.63) is 93.0 Å². The normalized spacial score (nSPS) is 20.7. The number of nitrogens with zero attached hydrogens (tertiary/aromatic N) is 6. The summed E-state index contributed by atoms with van der Waals surface area (Å²) in [6.07, 6.45) is 10.6. The number of alkyl halides is 2.